The third kappa shape index (κ3) is 4.45. The third-order valence-corrected chi connectivity index (χ3v) is 5.05. The lowest BCUT2D eigenvalue weighted by molar-refractivity contribution is -0.134. The van der Waals surface area contributed by atoms with Crippen LogP contribution in [0.4, 0.5) is 11.4 Å². The Labute approximate surface area is 159 Å². The fourth-order valence-corrected chi connectivity index (χ4v) is 3.24. The minimum absolute atomic E-state index is 0.0782. The fraction of sp³-hybridized carbons (Fsp3) is 0.474. The Hall–Kier alpha value is -2.90. The molecule has 0 atom stereocenters. The van der Waals surface area contributed by atoms with Crippen molar-refractivity contribution in [1.82, 2.24) is 19.9 Å². The van der Waals surface area contributed by atoms with Gasteiger partial charge >= 0.3 is 6.01 Å². The maximum absolute atomic E-state index is 12.5. The van der Waals surface area contributed by atoms with Gasteiger partial charge in [0.1, 0.15) is 0 Å². The summed E-state index contributed by atoms with van der Waals surface area (Å²) in [4.78, 5) is 29.1. The van der Waals surface area contributed by atoms with E-state index in [0.717, 1.165) is 31.6 Å². The number of anilines is 2. The number of nitrogens with two attached hydrogens (primary N) is 1. The van der Waals surface area contributed by atoms with E-state index in [1.54, 1.807) is 24.9 Å². The van der Waals surface area contributed by atoms with Crippen LogP contribution < -0.4 is 15.4 Å². The summed E-state index contributed by atoms with van der Waals surface area (Å²) in [5.41, 5.74) is 8.82. The molecular weight excluding hydrogens is 344 g/mol. The lowest BCUT2D eigenvalue weighted by Gasteiger charge is -2.37. The summed E-state index contributed by atoms with van der Waals surface area (Å²) in [6, 6.07) is 4.39. The van der Waals surface area contributed by atoms with Crippen molar-refractivity contribution in [2.75, 3.05) is 37.4 Å². The summed E-state index contributed by atoms with van der Waals surface area (Å²) in [5, 5.41) is 0. The first kappa shape index (κ1) is 18.9. The van der Waals surface area contributed by atoms with E-state index in [-0.39, 0.29) is 24.6 Å². The van der Waals surface area contributed by atoms with E-state index < -0.39 is 0 Å². The van der Waals surface area contributed by atoms with Crippen LogP contribution in [-0.4, -0.2) is 58.5 Å². The first-order chi connectivity index (χ1) is 13.0. The predicted octanol–water partition coefficient (Wildman–Crippen LogP) is 1.58. The van der Waals surface area contributed by atoms with Crippen LogP contribution in [0.5, 0.6) is 6.01 Å². The molecule has 0 saturated carbocycles. The molecule has 2 N–H and O–H groups in total. The summed E-state index contributed by atoms with van der Waals surface area (Å²) >= 11 is 0. The molecule has 2 aromatic rings. The summed E-state index contributed by atoms with van der Waals surface area (Å²) in [5.74, 6) is -0.0782. The molecule has 0 radical (unpaired) electrons. The second-order valence-corrected chi connectivity index (χ2v) is 6.81. The van der Waals surface area contributed by atoms with E-state index in [1.165, 1.54) is 0 Å². The number of pyridine rings is 1. The molecule has 1 aliphatic rings. The standard InChI is InChI=1S/C19H26N6O2/c1-13-18(20)14(2)23-19(22-13)27-12-17(26)24(3)15-6-9-25(10-7-15)16-5-4-8-21-11-16/h4-5,8,11,15H,6-7,9-10,12,20H2,1-3H3. The Kier molecular flexibility index (Phi) is 5.73. The van der Waals surface area contributed by atoms with Crippen LogP contribution in [0, 0.1) is 13.8 Å². The van der Waals surface area contributed by atoms with Gasteiger partial charge in [0.2, 0.25) is 0 Å². The minimum Gasteiger partial charge on any atom is -0.453 e. The number of nitrogens with zero attached hydrogens (tertiary/aromatic N) is 5. The van der Waals surface area contributed by atoms with Crippen molar-refractivity contribution in [3.63, 3.8) is 0 Å². The zero-order chi connectivity index (χ0) is 19.4. The average molecular weight is 370 g/mol. The maximum atomic E-state index is 12.5. The number of amides is 1. The van der Waals surface area contributed by atoms with E-state index in [1.807, 2.05) is 19.3 Å². The maximum Gasteiger partial charge on any atom is 0.317 e. The highest BCUT2D eigenvalue weighted by atomic mass is 16.5. The second kappa shape index (κ2) is 8.20. The molecule has 0 bridgehead atoms. The Morgan fingerprint density at radius 3 is 2.56 bits per heavy atom. The first-order valence-corrected chi connectivity index (χ1v) is 9.10. The van der Waals surface area contributed by atoms with Crippen LogP contribution in [0.15, 0.2) is 24.5 Å². The monoisotopic (exact) mass is 370 g/mol. The quantitative estimate of drug-likeness (QED) is 0.853. The predicted molar refractivity (Wildman–Crippen MR) is 104 cm³/mol. The number of carbonyl (C=O) groups excluding carboxylic acids is 1. The van der Waals surface area contributed by atoms with Crippen LogP contribution in [-0.2, 0) is 4.79 Å². The topological polar surface area (TPSA) is 97.5 Å². The zero-order valence-corrected chi connectivity index (χ0v) is 16.1. The number of likely N-dealkylation sites (N-methyl/N-ethyl adjacent to an activating group) is 1. The number of ether oxygens (including phenoxy) is 1. The van der Waals surface area contributed by atoms with Crippen LogP contribution in [0.2, 0.25) is 0 Å². The van der Waals surface area contributed by atoms with Gasteiger partial charge in [0.05, 0.1) is 29.0 Å². The lowest BCUT2D eigenvalue weighted by atomic mass is 10.0. The number of aromatic nitrogens is 3. The number of nitrogen functional groups attached to an aromatic ring is 1. The molecule has 1 amide bonds. The molecule has 3 heterocycles. The van der Waals surface area contributed by atoms with Crippen molar-refractivity contribution in [2.45, 2.75) is 32.7 Å². The summed E-state index contributed by atoms with van der Waals surface area (Å²) in [6.07, 6.45) is 5.47. The van der Waals surface area contributed by atoms with E-state index in [0.29, 0.717) is 17.1 Å². The molecule has 1 saturated heterocycles. The number of hydrogen-bond acceptors (Lipinski definition) is 7. The van der Waals surface area contributed by atoms with Gasteiger partial charge in [-0.3, -0.25) is 9.78 Å². The van der Waals surface area contributed by atoms with Gasteiger partial charge in [-0.15, -0.1) is 0 Å². The molecule has 0 spiro atoms. The molecule has 27 heavy (non-hydrogen) atoms. The molecule has 2 aromatic heterocycles. The molecule has 0 aliphatic carbocycles. The molecule has 3 rings (SSSR count). The van der Waals surface area contributed by atoms with Gasteiger partial charge in [0, 0.05) is 32.4 Å². The van der Waals surface area contributed by atoms with Crippen molar-refractivity contribution in [3.05, 3.63) is 35.9 Å². The highest BCUT2D eigenvalue weighted by Gasteiger charge is 2.26. The van der Waals surface area contributed by atoms with Crippen molar-refractivity contribution < 1.29 is 9.53 Å². The van der Waals surface area contributed by atoms with Crippen LogP contribution >= 0.6 is 0 Å². The third-order valence-electron chi connectivity index (χ3n) is 5.05. The molecule has 0 unspecified atom stereocenters. The Morgan fingerprint density at radius 2 is 1.96 bits per heavy atom. The van der Waals surface area contributed by atoms with Gasteiger partial charge < -0.3 is 20.3 Å². The normalized spacial score (nSPS) is 14.9. The Bertz CT molecular complexity index is 767. The van der Waals surface area contributed by atoms with Crippen molar-refractivity contribution in [3.8, 4) is 6.01 Å². The summed E-state index contributed by atoms with van der Waals surface area (Å²) in [7, 11) is 1.83. The molecule has 1 fully saturated rings. The molecule has 144 valence electrons. The Morgan fingerprint density at radius 1 is 1.30 bits per heavy atom. The largest absolute Gasteiger partial charge is 0.453 e. The average Bonchev–Trinajstić information content (AvgIpc) is 2.70. The van der Waals surface area contributed by atoms with E-state index in [4.69, 9.17) is 10.5 Å². The van der Waals surface area contributed by atoms with E-state index in [2.05, 4.69) is 25.9 Å². The highest BCUT2D eigenvalue weighted by molar-refractivity contribution is 5.77. The molecular formula is C19H26N6O2. The van der Waals surface area contributed by atoms with Gasteiger partial charge in [-0.2, -0.15) is 9.97 Å². The number of piperidine rings is 1. The second-order valence-electron chi connectivity index (χ2n) is 6.81. The lowest BCUT2D eigenvalue weighted by Crippen LogP contribution is -2.47. The Balaban J connectivity index is 1.51. The fourth-order valence-electron chi connectivity index (χ4n) is 3.24. The highest BCUT2D eigenvalue weighted by Crippen LogP contribution is 2.21. The van der Waals surface area contributed by atoms with Crippen molar-refractivity contribution in [1.29, 1.82) is 0 Å². The zero-order valence-electron chi connectivity index (χ0n) is 16.1. The van der Waals surface area contributed by atoms with Gasteiger partial charge in [-0.1, -0.05) is 0 Å². The van der Waals surface area contributed by atoms with Crippen molar-refractivity contribution >= 4 is 17.3 Å². The molecule has 8 heteroatoms. The minimum atomic E-state index is -0.0812. The molecule has 0 aromatic carbocycles. The summed E-state index contributed by atoms with van der Waals surface area (Å²) < 4.78 is 5.50. The van der Waals surface area contributed by atoms with Gasteiger partial charge in [0.25, 0.3) is 5.91 Å². The van der Waals surface area contributed by atoms with Gasteiger partial charge in [-0.05, 0) is 38.8 Å². The number of hydrogen-bond donors (Lipinski definition) is 1. The van der Waals surface area contributed by atoms with E-state index in [9.17, 15) is 4.79 Å². The van der Waals surface area contributed by atoms with Crippen LogP contribution in [0.1, 0.15) is 24.2 Å². The number of aryl methyl sites for hydroxylation is 2. The van der Waals surface area contributed by atoms with Gasteiger partial charge in [0.15, 0.2) is 6.61 Å². The SMILES string of the molecule is Cc1nc(OCC(=O)N(C)C2CCN(c3cccnc3)CC2)nc(C)c1N. The number of rotatable bonds is 5. The van der Waals surface area contributed by atoms with E-state index >= 15 is 0 Å². The molecule has 8 nitrogen and oxygen atoms in total. The number of carbonyl (C=O) groups is 1. The first-order valence-electron chi connectivity index (χ1n) is 9.10. The van der Waals surface area contributed by atoms with Crippen molar-refractivity contribution in [2.24, 2.45) is 0 Å². The smallest absolute Gasteiger partial charge is 0.317 e. The van der Waals surface area contributed by atoms with Gasteiger partial charge in [-0.25, -0.2) is 0 Å². The van der Waals surface area contributed by atoms with Crippen LogP contribution in [0.3, 0.4) is 0 Å². The summed E-state index contributed by atoms with van der Waals surface area (Å²) in [6.45, 7) is 5.30. The molecule has 1 aliphatic heterocycles. The van der Waals surface area contributed by atoms with Crippen LogP contribution in [0.25, 0.3) is 0 Å².